The van der Waals surface area contributed by atoms with Gasteiger partial charge < -0.3 is 10.2 Å². The molecule has 136 valence electrons. The summed E-state index contributed by atoms with van der Waals surface area (Å²) in [4.78, 5) is 13.6. The lowest BCUT2D eigenvalue weighted by Crippen LogP contribution is -2.31. The molecule has 1 heterocycles. The minimum absolute atomic E-state index is 0.519. The monoisotopic (exact) mass is 343 g/mol. The van der Waals surface area contributed by atoms with Crippen molar-refractivity contribution in [1.29, 1.82) is 0 Å². The number of likely N-dealkylation sites (tertiary alicyclic amines) is 1. The number of nitrogens with one attached hydrogen (secondary N) is 2. The van der Waals surface area contributed by atoms with Gasteiger partial charge in [-0.15, -0.1) is 0 Å². The van der Waals surface area contributed by atoms with E-state index >= 15 is 0 Å². The van der Waals surface area contributed by atoms with Gasteiger partial charge in [-0.3, -0.25) is 10.0 Å². The summed E-state index contributed by atoms with van der Waals surface area (Å²) in [5, 5.41) is 12.1. The first-order valence-electron chi connectivity index (χ1n) is 9.44. The number of hydrogen-bond acceptors (Lipinski definition) is 4. The molecule has 2 aliphatic rings. The highest BCUT2D eigenvalue weighted by Crippen LogP contribution is 2.26. The highest BCUT2D eigenvalue weighted by atomic mass is 16.5. The van der Waals surface area contributed by atoms with Crippen molar-refractivity contribution < 1.29 is 10.0 Å². The van der Waals surface area contributed by atoms with Gasteiger partial charge in [-0.1, -0.05) is 31.4 Å². The molecule has 5 heteroatoms. The van der Waals surface area contributed by atoms with Crippen LogP contribution in [0.5, 0.6) is 0 Å². The SMILES string of the molecule is O=C(C=Cc1ccc(N[C@@H]2CCN(CC3CCCCC3)C2)cc1)NO. The van der Waals surface area contributed by atoms with Crippen LogP contribution in [0.1, 0.15) is 44.1 Å². The van der Waals surface area contributed by atoms with Crippen molar-refractivity contribution in [2.75, 3.05) is 25.0 Å². The maximum atomic E-state index is 11.0. The van der Waals surface area contributed by atoms with E-state index in [4.69, 9.17) is 5.21 Å². The van der Waals surface area contributed by atoms with Crippen molar-refractivity contribution in [1.82, 2.24) is 10.4 Å². The van der Waals surface area contributed by atoms with Gasteiger partial charge in [0, 0.05) is 37.4 Å². The van der Waals surface area contributed by atoms with E-state index in [0.29, 0.717) is 6.04 Å². The second kappa shape index (κ2) is 9.02. The van der Waals surface area contributed by atoms with Gasteiger partial charge in [0.05, 0.1) is 0 Å². The van der Waals surface area contributed by atoms with Crippen LogP contribution in [0, 0.1) is 5.92 Å². The summed E-state index contributed by atoms with van der Waals surface area (Å²) in [5.41, 5.74) is 3.63. The fourth-order valence-electron chi connectivity index (χ4n) is 3.99. The van der Waals surface area contributed by atoms with E-state index in [9.17, 15) is 4.79 Å². The van der Waals surface area contributed by atoms with Crippen LogP contribution in [-0.4, -0.2) is 41.7 Å². The molecule has 1 aromatic rings. The molecule has 25 heavy (non-hydrogen) atoms. The summed E-state index contributed by atoms with van der Waals surface area (Å²) < 4.78 is 0. The number of hydrogen-bond donors (Lipinski definition) is 3. The Kier molecular flexibility index (Phi) is 6.48. The van der Waals surface area contributed by atoms with Crippen LogP contribution in [0.15, 0.2) is 30.3 Å². The standard InChI is InChI=1S/C20H29N3O2/c24-20(22-25)11-8-16-6-9-18(10-7-16)21-19-12-13-23(15-19)14-17-4-2-1-3-5-17/h6-11,17,19,21,25H,1-5,12-15H2,(H,22,24)/t19-/m1/s1. The third kappa shape index (κ3) is 5.58. The molecule has 1 saturated heterocycles. The van der Waals surface area contributed by atoms with Gasteiger partial charge in [-0.05, 0) is 49.0 Å². The average Bonchev–Trinajstić information content (AvgIpc) is 3.08. The molecular formula is C20H29N3O2. The molecule has 2 fully saturated rings. The molecular weight excluding hydrogens is 314 g/mol. The van der Waals surface area contributed by atoms with Crippen LogP contribution in [-0.2, 0) is 4.79 Å². The molecule has 0 unspecified atom stereocenters. The van der Waals surface area contributed by atoms with E-state index in [0.717, 1.165) is 23.7 Å². The summed E-state index contributed by atoms with van der Waals surface area (Å²) in [6.45, 7) is 3.61. The molecule has 3 N–H and O–H groups in total. The molecule has 1 aliphatic carbocycles. The zero-order chi connectivity index (χ0) is 17.5. The lowest BCUT2D eigenvalue weighted by Gasteiger charge is -2.26. The Morgan fingerprint density at radius 2 is 1.92 bits per heavy atom. The molecule has 1 amide bonds. The van der Waals surface area contributed by atoms with Gasteiger partial charge >= 0.3 is 0 Å². The van der Waals surface area contributed by atoms with Crippen LogP contribution in [0.3, 0.4) is 0 Å². The first-order valence-corrected chi connectivity index (χ1v) is 9.44. The molecule has 0 spiro atoms. The van der Waals surface area contributed by atoms with Crippen LogP contribution in [0.25, 0.3) is 6.08 Å². The minimum atomic E-state index is -0.522. The quantitative estimate of drug-likeness (QED) is 0.421. The number of carbonyl (C=O) groups is 1. The molecule has 0 bridgehead atoms. The van der Waals surface area contributed by atoms with E-state index in [2.05, 4.69) is 10.2 Å². The number of anilines is 1. The second-order valence-corrected chi connectivity index (χ2v) is 7.32. The number of carbonyl (C=O) groups excluding carboxylic acids is 1. The first kappa shape index (κ1) is 18.0. The van der Waals surface area contributed by atoms with Crippen molar-refractivity contribution >= 4 is 17.7 Å². The largest absolute Gasteiger partial charge is 0.381 e. The predicted molar refractivity (Wildman–Crippen MR) is 100 cm³/mol. The maximum Gasteiger partial charge on any atom is 0.267 e. The van der Waals surface area contributed by atoms with Crippen molar-refractivity contribution in [2.45, 2.75) is 44.6 Å². The predicted octanol–water partition coefficient (Wildman–Crippen LogP) is 3.27. The first-order chi connectivity index (χ1) is 12.2. The van der Waals surface area contributed by atoms with Gasteiger partial charge in [-0.25, -0.2) is 5.48 Å². The molecule has 3 rings (SSSR count). The van der Waals surface area contributed by atoms with Gasteiger partial charge in [0.25, 0.3) is 5.91 Å². The van der Waals surface area contributed by atoms with Crippen molar-refractivity contribution in [3.63, 3.8) is 0 Å². The van der Waals surface area contributed by atoms with Crippen LogP contribution < -0.4 is 10.8 Å². The highest BCUT2D eigenvalue weighted by Gasteiger charge is 2.25. The Morgan fingerprint density at radius 1 is 1.16 bits per heavy atom. The van der Waals surface area contributed by atoms with Crippen molar-refractivity contribution in [2.24, 2.45) is 5.92 Å². The Balaban J connectivity index is 1.45. The fourth-order valence-corrected chi connectivity index (χ4v) is 3.99. The number of nitrogens with zero attached hydrogens (tertiary/aromatic N) is 1. The molecule has 0 radical (unpaired) electrons. The van der Waals surface area contributed by atoms with E-state index in [1.807, 2.05) is 24.3 Å². The van der Waals surface area contributed by atoms with Crippen LogP contribution in [0.2, 0.25) is 0 Å². The number of amides is 1. The lowest BCUT2D eigenvalue weighted by molar-refractivity contribution is -0.124. The highest BCUT2D eigenvalue weighted by molar-refractivity contribution is 5.90. The maximum absolute atomic E-state index is 11.0. The number of hydroxylamine groups is 1. The third-order valence-corrected chi connectivity index (χ3v) is 5.33. The lowest BCUT2D eigenvalue weighted by atomic mass is 9.89. The van der Waals surface area contributed by atoms with E-state index in [1.54, 1.807) is 11.6 Å². The van der Waals surface area contributed by atoms with Gasteiger partial charge in [0.2, 0.25) is 0 Å². The Morgan fingerprint density at radius 3 is 2.64 bits per heavy atom. The molecule has 1 atom stereocenters. The van der Waals surface area contributed by atoms with Gasteiger partial charge in [-0.2, -0.15) is 0 Å². The van der Waals surface area contributed by atoms with Crippen LogP contribution in [0.4, 0.5) is 5.69 Å². The Labute approximate surface area is 150 Å². The molecule has 0 aromatic heterocycles. The molecule has 5 nitrogen and oxygen atoms in total. The summed E-state index contributed by atoms with van der Waals surface area (Å²) in [5.74, 6) is 0.390. The van der Waals surface area contributed by atoms with Crippen LogP contribution >= 0.6 is 0 Å². The van der Waals surface area contributed by atoms with Gasteiger partial charge in [0.15, 0.2) is 0 Å². The topological polar surface area (TPSA) is 64.6 Å². The minimum Gasteiger partial charge on any atom is -0.381 e. The Hall–Kier alpha value is -1.85. The summed E-state index contributed by atoms with van der Waals surface area (Å²) in [6, 6.07) is 8.54. The second-order valence-electron chi connectivity index (χ2n) is 7.32. The molecule has 1 aromatic carbocycles. The summed E-state index contributed by atoms with van der Waals surface area (Å²) in [7, 11) is 0. The normalized spacial score (nSPS) is 22.4. The zero-order valence-corrected chi connectivity index (χ0v) is 14.8. The number of rotatable bonds is 6. The van der Waals surface area contributed by atoms with Gasteiger partial charge in [0.1, 0.15) is 0 Å². The van der Waals surface area contributed by atoms with E-state index < -0.39 is 5.91 Å². The smallest absolute Gasteiger partial charge is 0.267 e. The number of benzene rings is 1. The average molecular weight is 343 g/mol. The zero-order valence-electron chi connectivity index (χ0n) is 14.8. The van der Waals surface area contributed by atoms with Crippen molar-refractivity contribution in [3.8, 4) is 0 Å². The van der Waals surface area contributed by atoms with E-state index in [1.165, 1.54) is 57.7 Å². The van der Waals surface area contributed by atoms with Crippen molar-refractivity contribution in [3.05, 3.63) is 35.9 Å². The molecule has 1 saturated carbocycles. The molecule has 1 aliphatic heterocycles. The summed E-state index contributed by atoms with van der Waals surface area (Å²) >= 11 is 0. The summed E-state index contributed by atoms with van der Waals surface area (Å²) in [6.07, 6.45) is 11.3. The Bertz CT molecular complexity index is 579. The third-order valence-electron chi connectivity index (χ3n) is 5.33. The van der Waals surface area contributed by atoms with E-state index in [-0.39, 0.29) is 0 Å². The fraction of sp³-hybridized carbons (Fsp3) is 0.550.